The third kappa shape index (κ3) is 5.08. The Labute approximate surface area is 119 Å². The predicted octanol–water partition coefficient (Wildman–Crippen LogP) is 1.03. The Morgan fingerprint density at radius 1 is 1.58 bits per heavy atom. The number of hydrogen-bond donors (Lipinski definition) is 2. The molecule has 0 aliphatic rings. The second-order valence-corrected chi connectivity index (χ2v) is 5.11. The van der Waals surface area contributed by atoms with Gasteiger partial charge in [0.15, 0.2) is 0 Å². The van der Waals surface area contributed by atoms with Gasteiger partial charge in [-0.1, -0.05) is 18.5 Å². The molecule has 7 heteroatoms. The maximum Gasteiger partial charge on any atom is 0.0877 e. The molecule has 0 aliphatic carbocycles. The van der Waals surface area contributed by atoms with Crippen molar-refractivity contribution in [3.8, 4) is 0 Å². The molecule has 0 aromatic carbocycles. The lowest BCUT2D eigenvalue weighted by atomic mass is 10.2. The highest BCUT2D eigenvalue weighted by Gasteiger charge is 2.19. The number of nitrogens with zero attached hydrogens (tertiary/aromatic N) is 3. The van der Waals surface area contributed by atoms with Gasteiger partial charge in [-0.05, 0) is 20.5 Å². The quantitative estimate of drug-likeness (QED) is 0.404. The van der Waals surface area contributed by atoms with Gasteiger partial charge in [0, 0.05) is 13.2 Å². The maximum absolute atomic E-state index is 6.20. The summed E-state index contributed by atoms with van der Waals surface area (Å²) in [6.45, 7) is 4.91. The lowest BCUT2D eigenvalue weighted by Crippen LogP contribution is -2.34. The Balaban J connectivity index is 2.74. The van der Waals surface area contributed by atoms with Gasteiger partial charge in [0.05, 0.1) is 36.1 Å². The minimum absolute atomic E-state index is 0.149. The number of hydrogen-bond acceptors (Lipinski definition) is 5. The second kappa shape index (κ2) is 8.50. The molecule has 110 valence electrons. The predicted molar refractivity (Wildman–Crippen MR) is 77.0 cm³/mol. The lowest BCUT2D eigenvalue weighted by molar-refractivity contribution is 0.109. The van der Waals surface area contributed by atoms with Gasteiger partial charge in [-0.15, -0.1) is 0 Å². The van der Waals surface area contributed by atoms with E-state index < -0.39 is 0 Å². The van der Waals surface area contributed by atoms with Crippen LogP contribution in [0, 0.1) is 0 Å². The maximum atomic E-state index is 6.20. The molecule has 0 saturated carbocycles. The standard InChI is InChI=1S/C12H24ClN5O/c1-4-7-19-9-11(16-14)12-10(13)8-15-18(12)6-5-17(2)3/h8,11,16H,4-7,9,14H2,1-3H3. The SMILES string of the molecule is CCCOCC(NN)c1c(Cl)cnn1CCN(C)C. The van der Waals surface area contributed by atoms with Crippen LogP contribution < -0.4 is 11.3 Å². The molecule has 6 nitrogen and oxygen atoms in total. The van der Waals surface area contributed by atoms with Crippen LogP contribution in [-0.4, -0.2) is 48.5 Å². The number of nitrogens with one attached hydrogen (secondary N) is 1. The molecule has 0 saturated heterocycles. The number of ether oxygens (including phenoxy) is 1. The van der Waals surface area contributed by atoms with Crippen LogP contribution in [0.2, 0.25) is 5.02 Å². The number of likely N-dealkylation sites (N-methyl/N-ethyl adjacent to an activating group) is 1. The summed E-state index contributed by atoms with van der Waals surface area (Å²) < 4.78 is 7.42. The molecule has 0 fully saturated rings. The highest BCUT2D eigenvalue weighted by Crippen LogP contribution is 2.22. The second-order valence-electron chi connectivity index (χ2n) is 4.70. The molecule has 1 unspecified atom stereocenters. The molecule has 0 amide bonds. The Hall–Kier alpha value is -0.660. The summed E-state index contributed by atoms with van der Waals surface area (Å²) in [6, 6.07) is -0.149. The van der Waals surface area contributed by atoms with Crippen molar-refractivity contribution in [1.29, 1.82) is 0 Å². The molecule has 1 aromatic heterocycles. The van der Waals surface area contributed by atoms with E-state index in [1.165, 1.54) is 0 Å². The van der Waals surface area contributed by atoms with Crippen LogP contribution in [0.4, 0.5) is 0 Å². The number of nitrogens with two attached hydrogens (primary N) is 1. The molecule has 0 bridgehead atoms. The lowest BCUT2D eigenvalue weighted by Gasteiger charge is -2.19. The Kier molecular flexibility index (Phi) is 7.33. The minimum Gasteiger partial charge on any atom is -0.379 e. The third-order valence-corrected chi connectivity index (χ3v) is 3.05. The van der Waals surface area contributed by atoms with Gasteiger partial charge < -0.3 is 9.64 Å². The summed E-state index contributed by atoms with van der Waals surface area (Å²) >= 11 is 6.20. The van der Waals surface area contributed by atoms with Crippen LogP contribution in [0.3, 0.4) is 0 Å². The highest BCUT2D eigenvalue weighted by molar-refractivity contribution is 6.31. The zero-order chi connectivity index (χ0) is 14.3. The topological polar surface area (TPSA) is 68.3 Å². The summed E-state index contributed by atoms with van der Waals surface area (Å²) in [5.74, 6) is 5.60. The largest absolute Gasteiger partial charge is 0.379 e. The van der Waals surface area contributed by atoms with Crippen LogP contribution in [0.15, 0.2) is 6.20 Å². The minimum atomic E-state index is -0.149. The molecule has 0 aliphatic heterocycles. The van der Waals surface area contributed by atoms with Crippen molar-refractivity contribution in [3.63, 3.8) is 0 Å². The first-order chi connectivity index (χ1) is 9.10. The van der Waals surface area contributed by atoms with E-state index in [9.17, 15) is 0 Å². The van der Waals surface area contributed by atoms with Gasteiger partial charge in [0.1, 0.15) is 0 Å². The average Bonchev–Trinajstić information content (AvgIpc) is 2.74. The molecular weight excluding hydrogens is 266 g/mol. The van der Waals surface area contributed by atoms with E-state index in [1.807, 2.05) is 18.8 Å². The Morgan fingerprint density at radius 2 is 2.32 bits per heavy atom. The molecule has 1 atom stereocenters. The zero-order valence-electron chi connectivity index (χ0n) is 11.9. The van der Waals surface area contributed by atoms with Crippen molar-refractivity contribution in [2.24, 2.45) is 5.84 Å². The number of hydrazine groups is 1. The van der Waals surface area contributed by atoms with E-state index >= 15 is 0 Å². The van der Waals surface area contributed by atoms with Crippen molar-refractivity contribution in [2.75, 3.05) is 33.9 Å². The average molecular weight is 290 g/mol. The fraction of sp³-hybridized carbons (Fsp3) is 0.750. The monoisotopic (exact) mass is 289 g/mol. The molecule has 1 heterocycles. The normalized spacial score (nSPS) is 13.2. The Morgan fingerprint density at radius 3 is 2.89 bits per heavy atom. The van der Waals surface area contributed by atoms with Crippen molar-refractivity contribution in [2.45, 2.75) is 25.9 Å². The summed E-state index contributed by atoms with van der Waals surface area (Å²) in [5, 5.41) is 4.90. The summed E-state index contributed by atoms with van der Waals surface area (Å²) in [7, 11) is 4.04. The van der Waals surface area contributed by atoms with Crippen LogP contribution in [-0.2, 0) is 11.3 Å². The number of rotatable bonds is 9. The molecule has 1 aromatic rings. The number of halogens is 1. The van der Waals surface area contributed by atoms with Gasteiger partial charge in [0.2, 0.25) is 0 Å². The van der Waals surface area contributed by atoms with Crippen molar-refractivity contribution < 1.29 is 4.74 Å². The van der Waals surface area contributed by atoms with E-state index in [1.54, 1.807) is 6.20 Å². The van der Waals surface area contributed by atoms with Gasteiger partial charge >= 0.3 is 0 Å². The van der Waals surface area contributed by atoms with Crippen molar-refractivity contribution in [3.05, 3.63) is 16.9 Å². The molecular formula is C12H24ClN5O. The molecule has 0 spiro atoms. The fourth-order valence-electron chi connectivity index (χ4n) is 1.74. The van der Waals surface area contributed by atoms with E-state index in [0.29, 0.717) is 18.2 Å². The molecule has 19 heavy (non-hydrogen) atoms. The van der Waals surface area contributed by atoms with E-state index in [4.69, 9.17) is 22.2 Å². The van der Waals surface area contributed by atoms with Crippen LogP contribution in [0.25, 0.3) is 0 Å². The van der Waals surface area contributed by atoms with Crippen LogP contribution in [0.5, 0.6) is 0 Å². The zero-order valence-corrected chi connectivity index (χ0v) is 12.7. The van der Waals surface area contributed by atoms with Crippen LogP contribution in [0.1, 0.15) is 25.1 Å². The highest BCUT2D eigenvalue weighted by atomic mass is 35.5. The molecule has 0 radical (unpaired) electrons. The molecule has 1 rings (SSSR count). The van der Waals surface area contributed by atoms with E-state index in [0.717, 1.165) is 25.2 Å². The first-order valence-electron chi connectivity index (χ1n) is 6.50. The van der Waals surface area contributed by atoms with Crippen LogP contribution >= 0.6 is 11.6 Å². The van der Waals surface area contributed by atoms with Gasteiger partial charge in [0.25, 0.3) is 0 Å². The first kappa shape index (κ1) is 16.4. The van der Waals surface area contributed by atoms with E-state index in [2.05, 4.69) is 22.3 Å². The van der Waals surface area contributed by atoms with Gasteiger partial charge in [-0.3, -0.25) is 10.5 Å². The third-order valence-electron chi connectivity index (χ3n) is 2.76. The van der Waals surface area contributed by atoms with E-state index in [-0.39, 0.29) is 6.04 Å². The summed E-state index contributed by atoms with van der Waals surface area (Å²) in [5.41, 5.74) is 3.63. The first-order valence-corrected chi connectivity index (χ1v) is 6.87. The summed E-state index contributed by atoms with van der Waals surface area (Å²) in [6.07, 6.45) is 2.63. The molecule has 3 N–H and O–H groups in total. The van der Waals surface area contributed by atoms with Crippen molar-refractivity contribution in [1.82, 2.24) is 20.1 Å². The van der Waals surface area contributed by atoms with Gasteiger partial charge in [-0.2, -0.15) is 5.10 Å². The van der Waals surface area contributed by atoms with Crippen molar-refractivity contribution >= 4 is 11.6 Å². The Bertz CT molecular complexity index is 369. The number of aromatic nitrogens is 2. The fourth-order valence-corrected chi connectivity index (χ4v) is 2.02. The smallest absolute Gasteiger partial charge is 0.0877 e. The van der Waals surface area contributed by atoms with Gasteiger partial charge in [-0.25, -0.2) is 5.43 Å². The summed E-state index contributed by atoms with van der Waals surface area (Å²) in [4.78, 5) is 2.10.